The van der Waals surface area contributed by atoms with Crippen molar-refractivity contribution in [2.45, 2.75) is 19.1 Å². The van der Waals surface area contributed by atoms with E-state index < -0.39 is 47.0 Å². The summed E-state index contributed by atoms with van der Waals surface area (Å²) >= 11 is 0. The lowest BCUT2D eigenvalue weighted by atomic mass is 9.96. The predicted molar refractivity (Wildman–Crippen MR) is 149 cm³/mol. The summed E-state index contributed by atoms with van der Waals surface area (Å²) in [6.45, 7) is -3.70. The molecule has 5 aromatic rings. The molecular formula is C29H23F4N7O4. The van der Waals surface area contributed by atoms with Crippen LogP contribution in [0.25, 0.3) is 16.9 Å². The number of ketones is 1. The number of anilines is 1. The van der Waals surface area contributed by atoms with Crippen LogP contribution in [0.15, 0.2) is 79.4 Å². The quantitative estimate of drug-likeness (QED) is 0.183. The number of hydrogen-bond donors (Lipinski definition) is 1. The monoisotopic (exact) mass is 609 g/mol. The maximum Gasteiger partial charge on any atom is 0.387 e. The van der Waals surface area contributed by atoms with E-state index in [4.69, 9.17) is 0 Å². The molecule has 0 aliphatic heterocycles. The van der Waals surface area contributed by atoms with E-state index in [1.165, 1.54) is 66.4 Å². The molecule has 0 saturated heterocycles. The second kappa shape index (κ2) is 11.9. The smallest absolute Gasteiger partial charge is 0.387 e. The fourth-order valence-electron chi connectivity index (χ4n) is 4.26. The third-order valence-electron chi connectivity index (χ3n) is 6.46. The SMILES string of the molecule is CN(C)C(=O)Cn1cc(NC(=O)c2cnn3cccnc23)c(-c2cc(C(F)(F)C(=O)c3ccccc3)ccc2OC(F)F)n1. The molecule has 44 heavy (non-hydrogen) atoms. The summed E-state index contributed by atoms with van der Waals surface area (Å²) in [7, 11) is 3.00. The number of alkyl halides is 4. The van der Waals surface area contributed by atoms with Gasteiger partial charge in [0, 0.05) is 49.4 Å². The minimum absolute atomic E-state index is 0.0338. The van der Waals surface area contributed by atoms with E-state index in [2.05, 4.69) is 25.2 Å². The van der Waals surface area contributed by atoms with Crippen LogP contribution in [0.3, 0.4) is 0 Å². The minimum atomic E-state index is -4.09. The summed E-state index contributed by atoms with van der Waals surface area (Å²) in [6, 6.07) is 10.9. The number of amides is 2. The third kappa shape index (κ3) is 5.97. The first-order valence-electron chi connectivity index (χ1n) is 12.9. The zero-order valence-corrected chi connectivity index (χ0v) is 23.1. The van der Waals surface area contributed by atoms with Gasteiger partial charge in [-0.3, -0.25) is 19.1 Å². The normalized spacial score (nSPS) is 11.5. The molecule has 11 nitrogen and oxygen atoms in total. The van der Waals surface area contributed by atoms with E-state index in [9.17, 15) is 23.2 Å². The van der Waals surface area contributed by atoms with Crippen LogP contribution in [-0.4, -0.2) is 67.6 Å². The fraction of sp³-hybridized carbons (Fsp3) is 0.172. The molecule has 15 heteroatoms. The average Bonchev–Trinajstić information content (AvgIpc) is 3.61. The van der Waals surface area contributed by atoms with E-state index in [1.54, 1.807) is 18.3 Å². The molecule has 2 aromatic carbocycles. The molecule has 5 rings (SSSR count). The Morgan fingerprint density at radius 1 is 1.07 bits per heavy atom. The molecule has 0 aliphatic rings. The molecule has 0 bridgehead atoms. The number of fused-ring (bicyclic) bond motifs is 1. The van der Waals surface area contributed by atoms with Gasteiger partial charge >= 0.3 is 12.5 Å². The van der Waals surface area contributed by atoms with Crippen LogP contribution in [-0.2, 0) is 17.3 Å². The number of ether oxygens (including phenoxy) is 1. The molecule has 226 valence electrons. The minimum Gasteiger partial charge on any atom is -0.434 e. The molecular weight excluding hydrogens is 586 g/mol. The maximum absolute atomic E-state index is 15.5. The van der Waals surface area contributed by atoms with Crippen molar-refractivity contribution in [3.05, 3.63) is 96.1 Å². The van der Waals surface area contributed by atoms with Crippen LogP contribution < -0.4 is 10.1 Å². The van der Waals surface area contributed by atoms with Gasteiger partial charge in [-0.1, -0.05) is 30.3 Å². The number of hydrogen-bond acceptors (Lipinski definition) is 7. The highest BCUT2D eigenvalue weighted by molar-refractivity contribution is 6.09. The Hall–Kier alpha value is -5.60. The van der Waals surface area contributed by atoms with Crippen LogP contribution in [0.2, 0.25) is 0 Å². The largest absolute Gasteiger partial charge is 0.434 e. The van der Waals surface area contributed by atoms with Crippen LogP contribution in [0, 0.1) is 0 Å². The molecule has 0 radical (unpaired) electrons. The Labute approximate surface area is 246 Å². The number of nitrogens with one attached hydrogen (secondary N) is 1. The number of carbonyl (C=O) groups excluding carboxylic acids is 3. The van der Waals surface area contributed by atoms with Gasteiger partial charge in [0.2, 0.25) is 11.7 Å². The van der Waals surface area contributed by atoms with Gasteiger partial charge in [-0.05, 0) is 24.3 Å². The molecule has 0 atom stereocenters. The zero-order chi connectivity index (χ0) is 31.6. The van der Waals surface area contributed by atoms with Crippen molar-refractivity contribution in [1.82, 2.24) is 29.3 Å². The average molecular weight is 610 g/mol. The molecule has 2 amide bonds. The van der Waals surface area contributed by atoms with E-state index >= 15 is 8.78 Å². The first-order valence-corrected chi connectivity index (χ1v) is 12.9. The van der Waals surface area contributed by atoms with Crippen molar-refractivity contribution in [3.63, 3.8) is 0 Å². The van der Waals surface area contributed by atoms with Gasteiger partial charge in [0.15, 0.2) is 5.65 Å². The number of halogens is 4. The van der Waals surface area contributed by atoms with Gasteiger partial charge < -0.3 is 15.0 Å². The van der Waals surface area contributed by atoms with Gasteiger partial charge in [-0.2, -0.15) is 27.8 Å². The molecule has 0 aliphatic carbocycles. The number of likely N-dealkylation sites (N-methyl/N-ethyl adjacent to an activating group) is 1. The summed E-state index contributed by atoms with van der Waals surface area (Å²) in [4.78, 5) is 43.9. The fourth-order valence-corrected chi connectivity index (χ4v) is 4.26. The second-order valence-electron chi connectivity index (χ2n) is 9.64. The predicted octanol–water partition coefficient (Wildman–Crippen LogP) is 4.51. The van der Waals surface area contributed by atoms with Gasteiger partial charge in [0.25, 0.3) is 5.91 Å². The Balaban J connectivity index is 1.62. The lowest BCUT2D eigenvalue weighted by Crippen LogP contribution is -2.26. The summed E-state index contributed by atoms with van der Waals surface area (Å²) in [5, 5.41) is 10.9. The number of Topliss-reactive ketones (excluding diaryl/α,β-unsaturated/α-hetero) is 1. The van der Waals surface area contributed by atoms with Crippen LogP contribution in [0.4, 0.5) is 23.2 Å². The van der Waals surface area contributed by atoms with Gasteiger partial charge in [0.1, 0.15) is 23.6 Å². The lowest BCUT2D eigenvalue weighted by Gasteiger charge is -2.18. The van der Waals surface area contributed by atoms with Crippen LogP contribution >= 0.6 is 0 Å². The van der Waals surface area contributed by atoms with E-state index in [0.717, 1.165) is 22.9 Å². The Morgan fingerprint density at radius 3 is 2.52 bits per heavy atom. The highest BCUT2D eigenvalue weighted by Crippen LogP contribution is 2.41. The first kappa shape index (κ1) is 29.9. The number of nitrogens with zero attached hydrogens (tertiary/aromatic N) is 6. The summed E-state index contributed by atoms with van der Waals surface area (Å²) in [5.74, 6) is -7.33. The topological polar surface area (TPSA) is 124 Å². The third-order valence-corrected chi connectivity index (χ3v) is 6.46. The molecule has 1 N–H and O–H groups in total. The van der Waals surface area contributed by atoms with Crippen molar-refractivity contribution in [2.75, 3.05) is 19.4 Å². The number of benzene rings is 2. The lowest BCUT2D eigenvalue weighted by molar-refractivity contribution is -0.129. The first-order chi connectivity index (χ1) is 21.0. The number of rotatable bonds is 10. The van der Waals surface area contributed by atoms with Gasteiger partial charge in [-0.15, -0.1) is 0 Å². The van der Waals surface area contributed by atoms with E-state index in [0.29, 0.717) is 0 Å². The second-order valence-corrected chi connectivity index (χ2v) is 9.64. The highest BCUT2D eigenvalue weighted by atomic mass is 19.3. The summed E-state index contributed by atoms with van der Waals surface area (Å²) < 4.78 is 65.0. The van der Waals surface area contributed by atoms with E-state index in [-0.39, 0.29) is 34.7 Å². The Kier molecular flexibility index (Phi) is 8.11. The Morgan fingerprint density at radius 2 is 1.82 bits per heavy atom. The molecule has 3 aromatic heterocycles. The molecule has 0 fully saturated rings. The van der Waals surface area contributed by atoms with Gasteiger partial charge in [0.05, 0.1) is 11.9 Å². The molecule has 0 saturated carbocycles. The van der Waals surface area contributed by atoms with Crippen LogP contribution in [0.5, 0.6) is 5.75 Å². The van der Waals surface area contributed by atoms with Crippen LogP contribution in [0.1, 0.15) is 26.3 Å². The van der Waals surface area contributed by atoms with Crippen molar-refractivity contribution in [2.24, 2.45) is 0 Å². The van der Waals surface area contributed by atoms with E-state index in [1.807, 2.05) is 0 Å². The van der Waals surface area contributed by atoms with Crippen molar-refractivity contribution in [3.8, 4) is 17.0 Å². The van der Waals surface area contributed by atoms with Crippen molar-refractivity contribution < 1.29 is 36.7 Å². The highest BCUT2D eigenvalue weighted by Gasteiger charge is 2.42. The zero-order valence-electron chi connectivity index (χ0n) is 23.1. The molecule has 0 unspecified atom stereocenters. The number of carbonyl (C=O) groups is 3. The molecule has 3 heterocycles. The standard InChI is InChI=1S/C29H23F4N7O4/c1-38(2)23(41)16-39-15-21(36-27(43)20-14-35-40-12-6-11-34-26(20)40)24(37-39)19-13-18(9-10-22(19)44-28(30)31)29(32,33)25(42)17-7-4-3-5-8-17/h3-15,28H,16H2,1-2H3,(H,36,43). The van der Waals surface area contributed by atoms with Crippen molar-refractivity contribution in [1.29, 1.82) is 0 Å². The van der Waals surface area contributed by atoms with Gasteiger partial charge in [-0.25, -0.2) is 9.50 Å². The number of aromatic nitrogens is 5. The maximum atomic E-state index is 15.5. The summed E-state index contributed by atoms with van der Waals surface area (Å²) in [5.41, 5.74) is -1.69. The molecule has 0 spiro atoms. The Bertz CT molecular complexity index is 1860. The van der Waals surface area contributed by atoms with Crippen molar-refractivity contribution >= 4 is 28.9 Å². The summed E-state index contributed by atoms with van der Waals surface area (Å²) in [6.07, 6.45) is 5.49.